The first-order valence-corrected chi connectivity index (χ1v) is 8.76. The van der Waals surface area contributed by atoms with Crippen molar-refractivity contribution in [1.29, 1.82) is 0 Å². The zero-order chi connectivity index (χ0) is 18.4. The first kappa shape index (κ1) is 18.0. The van der Waals surface area contributed by atoms with Gasteiger partial charge in [-0.25, -0.2) is 4.98 Å². The molecule has 0 saturated heterocycles. The topological polar surface area (TPSA) is 54.0 Å². The summed E-state index contributed by atoms with van der Waals surface area (Å²) in [6, 6.07) is 19.1. The van der Waals surface area contributed by atoms with E-state index in [0.29, 0.717) is 29.5 Å². The summed E-state index contributed by atoms with van der Waals surface area (Å²) >= 11 is 5.87. The van der Waals surface area contributed by atoms with Crippen molar-refractivity contribution in [3.05, 3.63) is 94.1 Å². The lowest BCUT2D eigenvalue weighted by atomic mass is 10.1. The summed E-state index contributed by atoms with van der Waals surface area (Å²) in [4.78, 5) is 16.6. The van der Waals surface area contributed by atoms with Crippen LogP contribution in [0.1, 0.15) is 27.0 Å². The van der Waals surface area contributed by atoms with E-state index in [9.17, 15) is 4.79 Å². The van der Waals surface area contributed by atoms with E-state index in [2.05, 4.69) is 40.7 Å². The van der Waals surface area contributed by atoms with E-state index in [-0.39, 0.29) is 5.91 Å². The van der Waals surface area contributed by atoms with E-state index in [1.165, 1.54) is 11.1 Å². The molecule has 1 heterocycles. The fourth-order valence-electron chi connectivity index (χ4n) is 2.57. The molecule has 132 valence electrons. The second-order valence-corrected chi connectivity index (χ2v) is 6.52. The lowest BCUT2D eigenvalue weighted by Gasteiger charge is -2.09. The minimum Gasteiger partial charge on any atom is -0.366 e. The number of nitrogens with one attached hydrogen (secondary N) is 2. The van der Waals surface area contributed by atoms with E-state index in [4.69, 9.17) is 11.6 Å². The average molecular weight is 366 g/mol. The van der Waals surface area contributed by atoms with Gasteiger partial charge in [-0.2, -0.15) is 0 Å². The fourth-order valence-corrected chi connectivity index (χ4v) is 2.70. The van der Waals surface area contributed by atoms with Gasteiger partial charge in [0.05, 0.1) is 0 Å². The summed E-state index contributed by atoms with van der Waals surface area (Å²) in [5, 5.41) is 6.84. The van der Waals surface area contributed by atoms with Gasteiger partial charge in [0, 0.05) is 29.9 Å². The molecule has 0 radical (unpaired) electrons. The van der Waals surface area contributed by atoms with Gasteiger partial charge < -0.3 is 10.6 Å². The third-order valence-corrected chi connectivity index (χ3v) is 4.20. The fraction of sp³-hybridized carbons (Fsp3) is 0.143. The van der Waals surface area contributed by atoms with Crippen LogP contribution in [0.25, 0.3) is 0 Å². The van der Waals surface area contributed by atoms with Crippen LogP contribution < -0.4 is 10.6 Å². The molecule has 3 rings (SSSR count). The van der Waals surface area contributed by atoms with Crippen LogP contribution in [0.3, 0.4) is 0 Å². The number of carbonyl (C=O) groups excluding carboxylic acids is 1. The molecule has 4 nitrogen and oxygen atoms in total. The van der Waals surface area contributed by atoms with Gasteiger partial charge in [0.25, 0.3) is 5.91 Å². The van der Waals surface area contributed by atoms with Gasteiger partial charge in [-0.05, 0) is 42.3 Å². The molecule has 5 heteroatoms. The summed E-state index contributed by atoms with van der Waals surface area (Å²) in [6.07, 6.45) is 1.63. The van der Waals surface area contributed by atoms with Crippen molar-refractivity contribution in [1.82, 2.24) is 10.3 Å². The van der Waals surface area contributed by atoms with Crippen LogP contribution in [-0.2, 0) is 13.1 Å². The summed E-state index contributed by atoms with van der Waals surface area (Å²) in [7, 11) is 0. The van der Waals surface area contributed by atoms with Crippen molar-refractivity contribution in [3.63, 3.8) is 0 Å². The number of halogens is 1. The number of aryl methyl sites for hydroxylation is 1. The van der Waals surface area contributed by atoms with Crippen LogP contribution >= 0.6 is 11.6 Å². The van der Waals surface area contributed by atoms with Crippen LogP contribution in [0.4, 0.5) is 5.82 Å². The van der Waals surface area contributed by atoms with Crippen LogP contribution in [-0.4, -0.2) is 10.9 Å². The third-order valence-electron chi connectivity index (χ3n) is 3.94. The van der Waals surface area contributed by atoms with E-state index in [1.807, 2.05) is 30.3 Å². The molecule has 0 fully saturated rings. The highest BCUT2D eigenvalue weighted by Gasteiger charge is 2.07. The summed E-state index contributed by atoms with van der Waals surface area (Å²) in [5.74, 6) is 0.534. The van der Waals surface area contributed by atoms with Crippen molar-refractivity contribution in [3.8, 4) is 0 Å². The van der Waals surface area contributed by atoms with Crippen molar-refractivity contribution in [2.24, 2.45) is 0 Å². The first-order chi connectivity index (χ1) is 12.6. The number of hydrogen-bond acceptors (Lipinski definition) is 3. The van der Waals surface area contributed by atoms with E-state index >= 15 is 0 Å². The maximum atomic E-state index is 12.4. The van der Waals surface area contributed by atoms with Crippen molar-refractivity contribution in [2.45, 2.75) is 20.0 Å². The predicted molar refractivity (Wildman–Crippen MR) is 105 cm³/mol. The Labute approximate surface area is 158 Å². The summed E-state index contributed by atoms with van der Waals surface area (Å²) in [5.41, 5.74) is 3.95. The molecule has 2 N–H and O–H groups in total. The smallest absolute Gasteiger partial charge is 0.251 e. The SMILES string of the molecule is Cc1cccc(CNc2cc(C(=O)NCc3ccc(Cl)cc3)ccn2)c1. The Morgan fingerprint density at radius 1 is 1.00 bits per heavy atom. The Morgan fingerprint density at radius 2 is 1.81 bits per heavy atom. The van der Waals surface area contributed by atoms with E-state index in [0.717, 1.165) is 5.56 Å². The number of nitrogens with zero attached hydrogens (tertiary/aromatic N) is 1. The summed E-state index contributed by atoms with van der Waals surface area (Å²) in [6.45, 7) is 3.17. The van der Waals surface area contributed by atoms with E-state index < -0.39 is 0 Å². The number of amides is 1. The largest absolute Gasteiger partial charge is 0.366 e. The maximum Gasteiger partial charge on any atom is 0.251 e. The lowest BCUT2D eigenvalue weighted by Crippen LogP contribution is -2.23. The minimum atomic E-state index is -0.138. The Bertz CT molecular complexity index is 894. The molecule has 1 aromatic heterocycles. The Morgan fingerprint density at radius 3 is 2.58 bits per heavy atom. The highest BCUT2D eigenvalue weighted by molar-refractivity contribution is 6.30. The van der Waals surface area contributed by atoms with Gasteiger partial charge in [-0.3, -0.25) is 4.79 Å². The number of aromatic nitrogens is 1. The summed E-state index contributed by atoms with van der Waals surface area (Å²) < 4.78 is 0. The number of anilines is 1. The van der Waals surface area contributed by atoms with Gasteiger partial charge in [-0.15, -0.1) is 0 Å². The number of hydrogen-bond donors (Lipinski definition) is 2. The van der Waals surface area contributed by atoms with Gasteiger partial charge in [-0.1, -0.05) is 53.6 Å². The van der Waals surface area contributed by atoms with Crippen LogP contribution in [0.5, 0.6) is 0 Å². The molecule has 0 aliphatic rings. The monoisotopic (exact) mass is 365 g/mol. The molecule has 0 unspecified atom stereocenters. The Balaban J connectivity index is 1.59. The second kappa shape index (κ2) is 8.50. The van der Waals surface area contributed by atoms with Crippen LogP contribution in [0.2, 0.25) is 5.02 Å². The minimum absolute atomic E-state index is 0.138. The first-order valence-electron chi connectivity index (χ1n) is 8.38. The molecular weight excluding hydrogens is 346 g/mol. The van der Waals surface area contributed by atoms with Crippen molar-refractivity contribution in [2.75, 3.05) is 5.32 Å². The molecule has 0 atom stereocenters. The number of benzene rings is 2. The Kier molecular flexibility index (Phi) is 5.87. The van der Waals surface area contributed by atoms with Crippen LogP contribution in [0.15, 0.2) is 66.9 Å². The molecule has 0 bridgehead atoms. The highest BCUT2D eigenvalue weighted by Crippen LogP contribution is 2.12. The highest BCUT2D eigenvalue weighted by atomic mass is 35.5. The predicted octanol–water partition coefficient (Wildman–Crippen LogP) is 4.59. The zero-order valence-electron chi connectivity index (χ0n) is 14.5. The van der Waals surface area contributed by atoms with Gasteiger partial charge in [0.2, 0.25) is 0 Å². The molecule has 2 aromatic carbocycles. The molecule has 0 aliphatic heterocycles. The standard InChI is InChI=1S/C21H20ClN3O/c1-15-3-2-4-17(11-15)14-24-20-12-18(9-10-23-20)21(26)25-13-16-5-7-19(22)8-6-16/h2-12H,13-14H2,1H3,(H,23,24)(H,25,26). The molecular formula is C21H20ClN3O. The molecule has 0 spiro atoms. The van der Waals surface area contributed by atoms with Crippen molar-refractivity contribution >= 4 is 23.3 Å². The van der Waals surface area contributed by atoms with E-state index in [1.54, 1.807) is 18.3 Å². The third kappa shape index (κ3) is 5.07. The molecule has 26 heavy (non-hydrogen) atoms. The van der Waals surface area contributed by atoms with Crippen LogP contribution in [0, 0.1) is 6.92 Å². The quantitative estimate of drug-likeness (QED) is 0.672. The average Bonchev–Trinajstić information content (AvgIpc) is 2.66. The molecule has 0 aliphatic carbocycles. The molecule has 0 saturated carbocycles. The van der Waals surface area contributed by atoms with Gasteiger partial charge in [0.1, 0.15) is 5.82 Å². The lowest BCUT2D eigenvalue weighted by molar-refractivity contribution is 0.0951. The van der Waals surface area contributed by atoms with Crippen molar-refractivity contribution < 1.29 is 4.79 Å². The molecule has 1 amide bonds. The number of rotatable bonds is 6. The number of pyridine rings is 1. The van der Waals surface area contributed by atoms with Gasteiger partial charge >= 0.3 is 0 Å². The maximum absolute atomic E-state index is 12.4. The Hall–Kier alpha value is -2.85. The zero-order valence-corrected chi connectivity index (χ0v) is 15.3. The normalized spacial score (nSPS) is 10.4. The van der Waals surface area contributed by atoms with Gasteiger partial charge in [0.15, 0.2) is 0 Å². The number of carbonyl (C=O) groups is 1. The molecule has 3 aromatic rings. The second-order valence-electron chi connectivity index (χ2n) is 6.08.